The van der Waals surface area contributed by atoms with Crippen LogP contribution >= 0.6 is 11.8 Å². The van der Waals surface area contributed by atoms with Gasteiger partial charge in [0.05, 0.1) is 18.6 Å². The first-order chi connectivity index (χ1) is 11.5. The molecule has 0 aliphatic rings. The van der Waals surface area contributed by atoms with Gasteiger partial charge < -0.3 is 9.26 Å². The lowest BCUT2D eigenvalue weighted by Crippen LogP contribution is -2.11. The summed E-state index contributed by atoms with van der Waals surface area (Å²) < 4.78 is 12.6. The minimum atomic E-state index is -0.159. The number of nitrogens with zero attached hydrogens (tertiary/aromatic N) is 5. The molecule has 3 rings (SSSR count). The molecule has 2 aromatic heterocycles. The molecule has 2 heterocycles. The highest BCUT2D eigenvalue weighted by molar-refractivity contribution is 7.98. The van der Waals surface area contributed by atoms with Crippen molar-refractivity contribution in [1.82, 2.24) is 24.9 Å². The minimum absolute atomic E-state index is 0.159. The van der Waals surface area contributed by atoms with E-state index in [9.17, 15) is 0 Å². The molecule has 0 saturated carbocycles. The van der Waals surface area contributed by atoms with Gasteiger partial charge in [0.25, 0.3) is 0 Å². The molecular formula is C16H19N5O2S. The van der Waals surface area contributed by atoms with Crippen LogP contribution in [0.1, 0.15) is 32.5 Å². The molecule has 7 nitrogen and oxygen atoms in total. The Hall–Kier alpha value is -2.35. The van der Waals surface area contributed by atoms with E-state index in [0.717, 1.165) is 16.6 Å². The lowest BCUT2D eigenvalue weighted by atomic mass is 9.97. The Morgan fingerprint density at radius 3 is 2.75 bits per heavy atom. The summed E-state index contributed by atoms with van der Waals surface area (Å²) in [5.74, 6) is 2.57. The van der Waals surface area contributed by atoms with Gasteiger partial charge in [-0.05, 0) is 12.1 Å². The van der Waals surface area contributed by atoms with Crippen molar-refractivity contribution in [3.8, 4) is 11.4 Å². The molecule has 1 aromatic carbocycles. The van der Waals surface area contributed by atoms with E-state index in [0.29, 0.717) is 17.5 Å². The quantitative estimate of drug-likeness (QED) is 0.657. The number of para-hydroxylation sites is 2. The number of thioether (sulfide) groups is 1. The number of aromatic nitrogens is 5. The van der Waals surface area contributed by atoms with Gasteiger partial charge in [0, 0.05) is 5.41 Å². The maximum Gasteiger partial charge on any atom is 0.232 e. The van der Waals surface area contributed by atoms with Gasteiger partial charge in [-0.1, -0.05) is 49.8 Å². The van der Waals surface area contributed by atoms with E-state index in [-0.39, 0.29) is 5.41 Å². The van der Waals surface area contributed by atoms with Crippen LogP contribution in [0, 0.1) is 0 Å². The maximum absolute atomic E-state index is 5.40. The van der Waals surface area contributed by atoms with Crippen LogP contribution in [-0.4, -0.2) is 32.0 Å². The molecule has 0 radical (unpaired) electrons. The molecule has 0 fully saturated rings. The molecule has 0 aliphatic carbocycles. The molecule has 0 N–H and O–H groups in total. The summed E-state index contributed by atoms with van der Waals surface area (Å²) in [4.78, 5) is 4.44. The summed E-state index contributed by atoms with van der Waals surface area (Å²) in [6, 6.07) is 7.73. The molecular weight excluding hydrogens is 326 g/mol. The third kappa shape index (κ3) is 3.43. The molecule has 0 unspecified atom stereocenters. The van der Waals surface area contributed by atoms with Crippen LogP contribution in [0.4, 0.5) is 0 Å². The number of methoxy groups -OCH3 is 1. The van der Waals surface area contributed by atoms with Crippen molar-refractivity contribution in [1.29, 1.82) is 0 Å². The Labute approximate surface area is 144 Å². The fourth-order valence-corrected chi connectivity index (χ4v) is 2.83. The number of benzene rings is 1. The normalized spacial score (nSPS) is 11.7. The second kappa shape index (κ2) is 6.64. The van der Waals surface area contributed by atoms with Gasteiger partial charge in [0.1, 0.15) is 12.1 Å². The second-order valence-electron chi connectivity index (χ2n) is 6.21. The van der Waals surface area contributed by atoms with Crippen LogP contribution in [-0.2, 0) is 11.2 Å². The van der Waals surface area contributed by atoms with E-state index in [2.05, 4.69) is 20.3 Å². The summed E-state index contributed by atoms with van der Waals surface area (Å²) in [6.45, 7) is 6.11. The predicted octanol–water partition coefficient (Wildman–Crippen LogP) is 3.25. The fraction of sp³-hybridized carbons (Fsp3) is 0.375. The van der Waals surface area contributed by atoms with Crippen molar-refractivity contribution in [2.75, 3.05) is 7.11 Å². The van der Waals surface area contributed by atoms with E-state index in [1.165, 1.54) is 11.8 Å². The summed E-state index contributed by atoms with van der Waals surface area (Å²) in [7, 11) is 1.64. The Balaban J connectivity index is 1.78. The Morgan fingerprint density at radius 2 is 2.04 bits per heavy atom. The van der Waals surface area contributed by atoms with E-state index >= 15 is 0 Å². The molecule has 126 valence electrons. The Morgan fingerprint density at radius 1 is 1.25 bits per heavy atom. The van der Waals surface area contributed by atoms with Crippen LogP contribution < -0.4 is 4.74 Å². The highest BCUT2D eigenvalue weighted by atomic mass is 32.2. The highest BCUT2D eigenvalue weighted by Gasteiger charge is 2.22. The van der Waals surface area contributed by atoms with Gasteiger partial charge >= 0.3 is 0 Å². The van der Waals surface area contributed by atoms with Crippen LogP contribution in [0.5, 0.6) is 5.75 Å². The standard InChI is InChI=1S/C16H19N5O2S/c1-16(2,3)14-18-13(20-23-14)9-24-15-19-17-10-21(15)11-7-5-6-8-12(11)22-4/h5-8,10H,9H2,1-4H3. The Kier molecular flexibility index (Phi) is 4.57. The first-order valence-electron chi connectivity index (χ1n) is 7.48. The molecule has 0 amide bonds. The van der Waals surface area contributed by atoms with Gasteiger partial charge in [-0.3, -0.25) is 4.57 Å². The summed E-state index contributed by atoms with van der Waals surface area (Å²) in [6.07, 6.45) is 1.66. The SMILES string of the molecule is COc1ccccc1-n1cnnc1SCc1noc(C(C)(C)C)n1. The molecule has 24 heavy (non-hydrogen) atoms. The average Bonchev–Trinajstić information content (AvgIpc) is 3.21. The molecule has 0 saturated heterocycles. The molecule has 0 atom stereocenters. The van der Waals surface area contributed by atoms with E-state index < -0.39 is 0 Å². The largest absolute Gasteiger partial charge is 0.495 e. The van der Waals surface area contributed by atoms with Crippen LogP contribution in [0.25, 0.3) is 5.69 Å². The Bertz CT molecular complexity index is 822. The van der Waals surface area contributed by atoms with Crippen molar-refractivity contribution >= 4 is 11.8 Å². The molecule has 8 heteroatoms. The first kappa shape index (κ1) is 16.5. The van der Waals surface area contributed by atoms with Crippen molar-refractivity contribution in [2.45, 2.75) is 37.1 Å². The van der Waals surface area contributed by atoms with Crippen molar-refractivity contribution in [2.24, 2.45) is 0 Å². The summed E-state index contributed by atoms with van der Waals surface area (Å²) in [5.41, 5.74) is 0.726. The second-order valence-corrected chi connectivity index (χ2v) is 7.15. The van der Waals surface area contributed by atoms with E-state index in [1.807, 2.05) is 49.6 Å². The third-order valence-corrected chi connectivity index (χ3v) is 4.24. The number of hydrogen-bond donors (Lipinski definition) is 0. The zero-order valence-electron chi connectivity index (χ0n) is 14.1. The van der Waals surface area contributed by atoms with Gasteiger partial charge in [0.2, 0.25) is 5.89 Å². The zero-order chi connectivity index (χ0) is 17.2. The maximum atomic E-state index is 5.40. The average molecular weight is 345 g/mol. The van der Waals surface area contributed by atoms with Crippen molar-refractivity contribution in [3.63, 3.8) is 0 Å². The summed E-state index contributed by atoms with van der Waals surface area (Å²) >= 11 is 1.49. The predicted molar refractivity (Wildman–Crippen MR) is 90.5 cm³/mol. The monoisotopic (exact) mass is 345 g/mol. The zero-order valence-corrected chi connectivity index (χ0v) is 14.9. The molecule has 3 aromatic rings. The van der Waals surface area contributed by atoms with E-state index in [4.69, 9.17) is 9.26 Å². The van der Waals surface area contributed by atoms with E-state index in [1.54, 1.807) is 13.4 Å². The van der Waals surface area contributed by atoms with Gasteiger partial charge in [-0.15, -0.1) is 10.2 Å². The number of ether oxygens (including phenoxy) is 1. The van der Waals surface area contributed by atoms with Crippen molar-refractivity contribution < 1.29 is 9.26 Å². The molecule has 0 bridgehead atoms. The van der Waals surface area contributed by atoms with Crippen molar-refractivity contribution in [3.05, 3.63) is 42.3 Å². The lowest BCUT2D eigenvalue weighted by molar-refractivity contribution is 0.319. The lowest BCUT2D eigenvalue weighted by Gasteiger charge is -2.10. The molecule has 0 aliphatic heterocycles. The fourth-order valence-electron chi connectivity index (χ4n) is 2.06. The molecule has 0 spiro atoms. The third-order valence-electron chi connectivity index (χ3n) is 3.30. The first-order valence-corrected chi connectivity index (χ1v) is 8.47. The topological polar surface area (TPSA) is 78.9 Å². The van der Waals surface area contributed by atoms with Gasteiger partial charge in [0.15, 0.2) is 11.0 Å². The van der Waals surface area contributed by atoms with Gasteiger partial charge in [-0.25, -0.2) is 0 Å². The van der Waals surface area contributed by atoms with Crippen LogP contribution in [0.15, 0.2) is 40.3 Å². The van der Waals surface area contributed by atoms with Crippen LogP contribution in [0.2, 0.25) is 0 Å². The number of rotatable bonds is 5. The highest BCUT2D eigenvalue weighted by Crippen LogP contribution is 2.28. The number of hydrogen-bond acceptors (Lipinski definition) is 7. The summed E-state index contributed by atoms with van der Waals surface area (Å²) in [5, 5.41) is 12.9. The minimum Gasteiger partial charge on any atom is -0.495 e. The van der Waals surface area contributed by atoms with Gasteiger partial charge in [-0.2, -0.15) is 4.98 Å². The smallest absolute Gasteiger partial charge is 0.232 e. The van der Waals surface area contributed by atoms with Crippen LogP contribution in [0.3, 0.4) is 0 Å².